The first-order valence-corrected chi connectivity index (χ1v) is 5.03. The second-order valence-corrected chi connectivity index (χ2v) is 3.52. The molecule has 0 aliphatic heterocycles. The first-order chi connectivity index (χ1) is 8.11. The maximum Gasteiger partial charge on any atom is 0.278 e. The smallest absolute Gasteiger partial charge is 0.278 e. The summed E-state index contributed by atoms with van der Waals surface area (Å²) < 4.78 is 11.3. The van der Waals surface area contributed by atoms with Crippen LogP contribution in [0.3, 0.4) is 0 Å². The van der Waals surface area contributed by atoms with Crippen LogP contribution in [0.25, 0.3) is 11.6 Å². The summed E-state index contributed by atoms with van der Waals surface area (Å²) in [6, 6.07) is 2.93. The minimum absolute atomic E-state index is 0.196. The molecular formula is C10H12N4O3. The standard InChI is InChI=1S/C10H12N4O3/c1-6(16-3)9-11-10(17-13-9)7-4-5-8(15)14(2)12-7/h4-6H,1-3H3/t6-/m0/s1. The largest absolute Gasteiger partial charge is 0.374 e. The zero-order valence-corrected chi connectivity index (χ0v) is 9.75. The Morgan fingerprint density at radius 3 is 2.88 bits per heavy atom. The normalized spacial score (nSPS) is 12.6. The van der Waals surface area contributed by atoms with Crippen LogP contribution in [-0.2, 0) is 11.8 Å². The summed E-state index contributed by atoms with van der Waals surface area (Å²) in [7, 11) is 3.12. The molecule has 0 aromatic carbocycles. The lowest BCUT2D eigenvalue weighted by molar-refractivity contribution is 0.109. The number of hydrogen-bond acceptors (Lipinski definition) is 6. The minimum Gasteiger partial charge on any atom is -0.374 e. The molecule has 0 aliphatic rings. The monoisotopic (exact) mass is 236 g/mol. The third-order valence-corrected chi connectivity index (χ3v) is 2.34. The highest BCUT2D eigenvalue weighted by Gasteiger charge is 2.15. The molecule has 2 aromatic heterocycles. The van der Waals surface area contributed by atoms with E-state index in [0.29, 0.717) is 11.5 Å². The van der Waals surface area contributed by atoms with Gasteiger partial charge in [-0.15, -0.1) is 0 Å². The van der Waals surface area contributed by atoms with Gasteiger partial charge in [-0.3, -0.25) is 4.79 Å². The van der Waals surface area contributed by atoms with Gasteiger partial charge in [-0.05, 0) is 13.0 Å². The van der Waals surface area contributed by atoms with Crippen LogP contribution in [-0.4, -0.2) is 27.0 Å². The van der Waals surface area contributed by atoms with Crippen LogP contribution in [0, 0.1) is 0 Å². The highest BCUT2D eigenvalue weighted by Crippen LogP contribution is 2.17. The van der Waals surface area contributed by atoms with E-state index in [9.17, 15) is 4.79 Å². The van der Waals surface area contributed by atoms with Crippen molar-refractivity contribution in [3.05, 3.63) is 28.3 Å². The zero-order valence-electron chi connectivity index (χ0n) is 9.75. The topological polar surface area (TPSA) is 83.0 Å². The summed E-state index contributed by atoms with van der Waals surface area (Å²) in [5.74, 6) is 0.706. The molecule has 7 nitrogen and oxygen atoms in total. The molecule has 0 spiro atoms. The molecule has 0 saturated heterocycles. The number of aromatic nitrogens is 4. The summed E-state index contributed by atoms with van der Waals surface area (Å²) in [5, 5.41) is 7.79. The third kappa shape index (κ3) is 2.23. The van der Waals surface area contributed by atoms with Gasteiger partial charge in [0.1, 0.15) is 11.8 Å². The Morgan fingerprint density at radius 1 is 1.47 bits per heavy atom. The van der Waals surface area contributed by atoms with Crippen molar-refractivity contribution in [1.29, 1.82) is 0 Å². The molecule has 90 valence electrons. The van der Waals surface area contributed by atoms with Gasteiger partial charge < -0.3 is 9.26 Å². The second kappa shape index (κ2) is 4.46. The molecule has 7 heteroatoms. The molecule has 0 N–H and O–H groups in total. The Kier molecular flexibility index (Phi) is 3.01. The second-order valence-electron chi connectivity index (χ2n) is 3.52. The van der Waals surface area contributed by atoms with E-state index in [4.69, 9.17) is 9.26 Å². The Bertz CT molecular complexity index is 575. The van der Waals surface area contributed by atoms with E-state index in [-0.39, 0.29) is 17.6 Å². The molecule has 0 unspecified atom stereocenters. The minimum atomic E-state index is -0.250. The Balaban J connectivity index is 2.37. The maximum atomic E-state index is 11.2. The molecule has 2 heterocycles. The first kappa shape index (κ1) is 11.5. The lowest BCUT2D eigenvalue weighted by Crippen LogP contribution is -2.18. The maximum absolute atomic E-state index is 11.2. The van der Waals surface area contributed by atoms with Gasteiger partial charge >= 0.3 is 0 Å². The van der Waals surface area contributed by atoms with Gasteiger partial charge in [0.25, 0.3) is 11.4 Å². The van der Waals surface area contributed by atoms with Crippen molar-refractivity contribution in [2.24, 2.45) is 7.05 Å². The predicted molar refractivity (Wildman–Crippen MR) is 58.2 cm³/mol. The van der Waals surface area contributed by atoms with Gasteiger partial charge in [-0.2, -0.15) is 10.1 Å². The fourth-order valence-electron chi connectivity index (χ4n) is 1.23. The summed E-state index contributed by atoms with van der Waals surface area (Å²) in [6.45, 7) is 1.81. The molecule has 0 saturated carbocycles. The molecule has 1 atom stereocenters. The molecule has 0 aliphatic carbocycles. The molecular weight excluding hydrogens is 224 g/mol. The van der Waals surface area contributed by atoms with Gasteiger partial charge in [0.05, 0.1) is 0 Å². The zero-order chi connectivity index (χ0) is 12.4. The van der Waals surface area contributed by atoms with E-state index in [0.717, 1.165) is 0 Å². The van der Waals surface area contributed by atoms with Crippen molar-refractivity contribution in [3.8, 4) is 11.6 Å². The van der Waals surface area contributed by atoms with Gasteiger partial charge in [0.15, 0.2) is 0 Å². The van der Waals surface area contributed by atoms with Crippen molar-refractivity contribution < 1.29 is 9.26 Å². The average Bonchev–Trinajstić information content (AvgIpc) is 2.81. The number of hydrogen-bond donors (Lipinski definition) is 0. The summed E-state index contributed by atoms with van der Waals surface area (Å²) in [6.07, 6.45) is -0.250. The fraction of sp³-hybridized carbons (Fsp3) is 0.400. The average molecular weight is 236 g/mol. The lowest BCUT2D eigenvalue weighted by Gasteiger charge is -2.01. The van der Waals surface area contributed by atoms with Crippen LogP contribution >= 0.6 is 0 Å². The van der Waals surface area contributed by atoms with Crippen LogP contribution in [0.5, 0.6) is 0 Å². The van der Waals surface area contributed by atoms with Crippen LogP contribution in [0.15, 0.2) is 21.5 Å². The van der Waals surface area contributed by atoms with E-state index in [1.807, 2.05) is 6.92 Å². The Labute approximate surface area is 97.0 Å². The number of aryl methyl sites for hydroxylation is 1. The van der Waals surface area contributed by atoms with Crippen molar-refractivity contribution in [1.82, 2.24) is 19.9 Å². The SMILES string of the molecule is CO[C@@H](C)c1noc(-c2ccc(=O)n(C)n2)n1. The molecule has 0 bridgehead atoms. The number of rotatable bonds is 3. The molecule has 0 radical (unpaired) electrons. The van der Waals surface area contributed by atoms with E-state index < -0.39 is 0 Å². The summed E-state index contributed by atoms with van der Waals surface area (Å²) >= 11 is 0. The van der Waals surface area contributed by atoms with Crippen LogP contribution < -0.4 is 5.56 Å². The lowest BCUT2D eigenvalue weighted by atomic mass is 10.3. The highest BCUT2D eigenvalue weighted by atomic mass is 16.5. The number of ether oxygens (including phenoxy) is 1. The van der Waals surface area contributed by atoms with Crippen molar-refractivity contribution in [2.45, 2.75) is 13.0 Å². The fourth-order valence-corrected chi connectivity index (χ4v) is 1.23. The molecule has 0 amide bonds. The summed E-state index contributed by atoms with van der Waals surface area (Å²) in [5.41, 5.74) is 0.257. The molecule has 0 fully saturated rings. The first-order valence-electron chi connectivity index (χ1n) is 5.03. The molecule has 17 heavy (non-hydrogen) atoms. The van der Waals surface area contributed by atoms with Gasteiger partial charge in [0.2, 0.25) is 5.82 Å². The van der Waals surface area contributed by atoms with E-state index >= 15 is 0 Å². The Hall–Kier alpha value is -2.02. The Morgan fingerprint density at radius 2 is 2.24 bits per heavy atom. The van der Waals surface area contributed by atoms with Gasteiger partial charge in [0, 0.05) is 20.2 Å². The highest BCUT2D eigenvalue weighted by molar-refractivity contribution is 5.44. The quantitative estimate of drug-likeness (QED) is 0.773. The van der Waals surface area contributed by atoms with E-state index in [2.05, 4.69) is 15.2 Å². The predicted octanol–water partition coefficient (Wildman–Crippen LogP) is 0.538. The van der Waals surface area contributed by atoms with E-state index in [1.165, 1.54) is 16.8 Å². The van der Waals surface area contributed by atoms with Gasteiger partial charge in [-0.1, -0.05) is 5.16 Å². The molecule has 2 rings (SSSR count). The van der Waals surface area contributed by atoms with E-state index in [1.54, 1.807) is 14.2 Å². The summed E-state index contributed by atoms with van der Waals surface area (Å²) in [4.78, 5) is 15.3. The van der Waals surface area contributed by atoms with Gasteiger partial charge in [-0.25, -0.2) is 4.68 Å². The number of nitrogens with zero attached hydrogens (tertiary/aromatic N) is 4. The van der Waals surface area contributed by atoms with Crippen molar-refractivity contribution in [2.75, 3.05) is 7.11 Å². The van der Waals surface area contributed by atoms with Crippen LogP contribution in [0.2, 0.25) is 0 Å². The number of methoxy groups -OCH3 is 1. The van der Waals surface area contributed by atoms with Crippen molar-refractivity contribution >= 4 is 0 Å². The van der Waals surface area contributed by atoms with Crippen LogP contribution in [0.1, 0.15) is 18.9 Å². The van der Waals surface area contributed by atoms with Crippen molar-refractivity contribution in [3.63, 3.8) is 0 Å². The third-order valence-electron chi connectivity index (χ3n) is 2.34. The molecule has 2 aromatic rings. The van der Waals surface area contributed by atoms with Crippen LogP contribution in [0.4, 0.5) is 0 Å².